The molecule has 0 aromatic rings. The molecule has 1 rings (SSSR count). The van der Waals surface area contributed by atoms with Crippen molar-refractivity contribution < 1.29 is 25.3 Å². The lowest BCUT2D eigenvalue weighted by Gasteiger charge is -2.32. The van der Waals surface area contributed by atoms with Crippen LogP contribution < -0.4 is 5.32 Å². The monoisotopic (exact) mass is 274 g/mol. The fourth-order valence-electron chi connectivity index (χ4n) is 1.20. The third-order valence-corrected chi connectivity index (χ3v) is 2.70. The van der Waals surface area contributed by atoms with Gasteiger partial charge in [0.25, 0.3) is 20.2 Å². The van der Waals surface area contributed by atoms with E-state index in [2.05, 4.69) is 13.8 Å². The SMILES string of the molecule is CS(=O)(=O)OC1CNCCN1OS(C)(=O)=O. The summed E-state index contributed by atoms with van der Waals surface area (Å²) >= 11 is 0. The Labute approximate surface area is 94.7 Å². The predicted molar refractivity (Wildman–Crippen MR) is 55.2 cm³/mol. The van der Waals surface area contributed by atoms with E-state index in [1.807, 2.05) is 0 Å². The van der Waals surface area contributed by atoms with Gasteiger partial charge in [-0.15, -0.1) is 5.06 Å². The van der Waals surface area contributed by atoms with Gasteiger partial charge in [0.1, 0.15) is 0 Å². The van der Waals surface area contributed by atoms with Gasteiger partial charge < -0.3 is 5.32 Å². The Balaban J connectivity index is 2.72. The fraction of sp³-hybridized carbons (Fsp3) is 1.00. The summed E-state index contributed by atoms with van der Waals surface area (Å²) < 4.78 is 53.0. The van der Waals surface area contributed by atoms with Crippen molar-refractivity contribution in [1.29, 1.82) is 0 Å². The van der Waals surface area contributed by atoms with E-state index in [9.17, 15) is 16.8 Å². The van der Waals surface area contributed by atoms with E-state index < -0.39 is 26.5 Å². The van der Waals surface area contributed by atoms with Gasteiger partial charge in [0.05, 0.1) is 12.5 Å². The molecule has 0 radical (unpaired) electrons. The van der Waals surface area contributed by atoms with Gasteiger partial charge in [0, 0.05) is 19.6 Å². The first-order chi connectivity index (χ1) is 7.17. The third kappa shape index (κ3) is 5.18. The molecule has 1 heterocycles. The van der Waals surface area contributed by atoms with Crippen LogP contribution in [0.5, 0.6) is 0 Å². The van der Waals surface area contributed by atoms with Gasteiger partial charge in [0.2, 0.25) is 0 Å². The van der Waals surface area contributed by atoms with Crippen LogP contribution in [0.25, 0.3) is 0 Å². The summed E-state index contributed by atoms with van der Waals surface area (Å²) in [4.78, 5) is 0. The molecule has 0 saturated carbocycles. The van der Waals surface area contributed by atoms with E-state index >= 15 is 0 Å². The van der Waals surface area contributed by atoms with Crippen molar-refractivity contribution in [2.75, 3.05) is 32.1 Å². The zero-order valence-corrected chi connectivity index (χ0v) is 10.5. The van der Waals surface area contributed by atoms with E-state index in [1.165, 1.54) is 0 Å². The summed E-state index contributed by atoms with van der Waals surface area (Å²) in [5.74, 6) is 0. The number of hydrogen-bond donors (Lipinski definition) is 1. The van der Waals surface area contributed by atoms with Gasteiger partial charge in [-0.2, -0.15) is 21.1 Å². The highest BCUT2D eigenvalue weighted by molar-refractivity contribution is 7.86. The molecule has 1 aliphatic heterocycles. The second kappa shape index (κ2) is 4.94. The lowest BCUT2D eigenvalue weighted by Crippen LogP contribution is -2.53. The molecule has 1 fully saturated rings. The van der Waals surface area contributed by atoms with Crippen molar-refractivity contribution in [3.63, 3.8) is 0 Å². The summed E-state index contributed by atoms with van der Waals surface area (Å²) in [7, 11) is -7.36. The average Bonchev–Trinajstić information content (AvgIpc) is 2.03. The highest BCUT2D eigenvalue weighted by Crippen LogP contribution is 2.10. The van der Waals surface area contributed by atoms with E-state index in [4.69, 9.17) is 0 Å². The van der Waals surface area contributed by atoms with E-state index in [-0.39, 0.29) is 13.1 Å². The lowest BCUT2D eigenvalue weighted by atomic mass is 10.4. The summed E-state index contributed by atoms with van der Waals surface area (Å²) in [6.07, 6.45) is 0.797. The summed E-state index contributed by atoms with van der Waals surface area (Å²) in [6, 6.07) is 0. The van der Waals surface area contributed by atoms with E-state index in [1.54, 1.807) is 0 Å². The first-order valence-electron chi connectivity index (χ1n) is 4.42. The van der Waals surface area contributed by atoms with Crippen molar-refractivity contribution in [2.45, 2.75) is 6.23 Å². The van der Waals surface area contributed by atoms with Gasteiger partial charge in [0.15, 0.2) is 6.23 Å². The number of nitrogens with one attached hydrogen (secondary N) is 1. The largest absolute Gasteiger partial charge is 0.311 e. The lowest BCUT2D eigenvalue weighted by molar-refractivity contribution is -0.162. The van der Waals surface area contributed by atoms with Crippen molar-refractivity contribution in [1.82, 2.24) is 10.4 Å². The van der Waals surface area contributed by atoms with Crippen LogP contribution in [-0.2, 0) is 28.7 Å². The molecular formula is C6H14N2O6S2. The minimum Gasteiger partial charge on any atom is -0.311 e. The maximum absolute atomic E-state index is 10.9. The molecule has 0 aromatic heterocycles. The van der Waals surface area contributed by atoms with Crippen LogP contribution in [-0.4, -0.2) is 60.3 Å². The number of rotatable bonds is 4. The number of hydroxylamine groups is 2. The average molecular weight is 274 g/mol. The van der Waals surface area contributed by atoms with Crippen molar-refractivity contribution in [3.05, 3.63) is 0 Å². The summed E-state index contributed by atoms with van der Waals surface area (Å²) in [5, 5.41) is 3.86. The Bertz CT molecular complexity index is 388. The normalized spacial score (nSPS) is 24.5. The van der Waals surface area contributed by atoms with Crippen LogP contribution >= 0.6 is 0 Å². The van der Waals surface area contributed by atoms with Crippen LogP contribution in [0.15, 0.2) is 0 Å². The first-order valence-corrected chi connectivity index (χ1v) is 8.06. The highest BCUT2D eigenvalue weighted by Gasteiger charge is 2.29. The quantitative estimate of drug-likeness (QED) is 0.592. The van der Waals surface area contributed by atoms with Crippen LogP contribution in [0, 0.1) is 0 Å². The van der Waals surface area contributed by atoms with Crippen LogP contribution in [0.4, 0.5) is 0 Å². The van der Waals surface area contributed by atoms with Gasteiger partial charge >= 0.3 is 0 Å². The zero-order chi connectivity index (χ0) is 12.4. The van der Waals surface area contributed by atoms with Crippen LogP contribution in [0.3, 0.4) is 0 Å². The molecule has 0 bridgehead atoms. The molecule has 0 amide bonds. The molecule has 1 N–H and O–H groups in total. The fourth-order valence-corrected chi connectivity index (χ4v) is 2.29. The second-order valence-electron chi connectivity index (χ2n) is 3.38. The second-order valence-corrected chi connectivity index (χ2v) is 6.54. The third-order valence-electron chi connectivity index (χ3n) is 1.67. The minimum atomic E-state index is -3.69. The number of nitrogens with zero attached hydrogens (tertiary/aromatic N) is 1. The van der Waals surface area contributed by atoms with E-state index in [0.29, 0.717) is 6.54 Å². The molecule has 1 atom stereocenters. The molecule has 96 valence electrons. The van der Waals surface area contributed by atoms with E-state index in [0.717, 1.165) is 17.6 Å². The smallest absolute Gasteiger partial charge is 0.280 e. The van der Waals surface area contributed by atoms with Gasteiger partial charge in [-0.05, 0) is 0 Å². The number of hydrogen-bond acceptors (Lipinski definition) is 8. The number of piperazine rings is 1. The minimum absolute atomic E-state index is 0.169. The molecule has 0 aliphatic carbocycles. The summed E-state index contributed by atoms with van der Waals surface area (Å²) in [6.45, 7) is 0.870. The maximum atomic E-state index is 10.9. The van der Waals surface area contributed by atoms with Gasteiger partial charge in [-0.1, -0.05) is 0 Å². The Kier molecular flexibility index (Phi) is 4.26. The standard InChI is InChI=1S/C6H14N2O6S2/c1-15(9,10)13-6-5-7-3-4-8(6)14-16(2,11)12/h6-7H,3-5H2,1-2H3. The molecule has 10 heteroatoms. The Morgan fingerprint density at radius 2 is 1.81 bits per heavy atom. The maximum Gasteiger partial charge on any atom is 0.280 e. The molecular weight excluding hydrogens is 260 g/mol. The molecule has 0 aromatic carbocycles. The first kappa shape index (κ1) is 13.8. The predicted octanol–water partition coefficient (Wildman–Crippen LogP) is -1.91. The molecule has 1 unspecified atom stereocenters. The molecule has 8 nitrogen and oxygen atoms in total. The Hall–Kier alpha value is -0.260. The van der Waals surface area contributed by atoms with Crippen LogP contribution in [0.1, 0.15) is 0 Å². The van der Waals surface area contributed by atoms with Crippen molar-refractivity contribution in [2.24, 2.45) is 0 Å². The van der Waals surface area contributed by atoms with Gasteiger partial charge in [-0.25, -0.2) is 4.18 Å². The Morgan fingerprint density at radius 1 is 1.19 bits per heavy atom. The topological polar surface area (TPSA) is 102 Å². The zero-order valence-electron chi connectivity index (χ0n) is 8.91. The summed E-state index contributed by atoms with van der Waals surface area (Å²) in [5.41, 5.74) is 0. The van der Waals surface area contributed by atoms with Crippen molar-refractivity contribution >= 4 is 20.2 Å². The van der Waals surface area contributed by atoms with Crippen LogP contribution in [0.2, 0.25) is 0 Å². The highest BCUT2D eigenvalue weighted by atomic mass is 32.2. The molecule has 1 aliphatic rings. The molecule has 1 saturated heterocycles. The molecule has 16 heavy (non-hydrogen) atoms. The molecule has 0 spiro atoms. The van der Waals surface area contributed by atoms with Crippen molar-refractivity contribution in [3.8, 4) is 0 Å². The Morgan fingerprint density at radius 3 is 2.31 bits per heavy atom. The van der Waals surface area contributed by atoms with Gasteiger partial charge in [-0.3, -0.25) is 0 Å².